The number of rotatable bonds is 2. The van der Waals surface area contributed by atoms with Gasteiger partial charge in [-0.1, -0.05) is 0 Å². The van der Waals surface area contributed by atoms with Gasteiger partial charge >= 0.3 is 0 Å². The van der Waals surface area contributed by atoms with Gasteiger partial charge < -0.3 is 5.32 Å². The number of nitrogens with zero attached hydrogens (tertiary/aromatic N) is 1. The maximum Gasteiger partial charge on any atom is 0.255 e. The maximum absolute atomic E-state index is 13.4. The van der Waals surface area contributed by atoms with Crippen LogP contribution in [-0.4, -0.2) is 21.9 Å². The molecule has 1 atom stereocenters. The number of fused-ring (bicyclic) bond motifs is 1. The van der Waals surface area contributed by atoms with Gasteiger partial charge in [0.2, 0.25) is 0 Å². The van der Waals surface area contributed by atoms with Gasteiger partial charge in [-0.3, -0.25) is 9.89 Å². The predicted octanol–water partition coefficient (Wildman–Crippen LogP) is 2.82. The number of aromatic amines is 1. The molecule has 0 fully saturated rings. The fourth-order valence-corrected chi connectivity index (χ4v) is 3.44. The number of nitrogens with one attached hydrogen (secondary N) is 2. The summed E-state index contributed by atoms with van der Waals surface area (Å²) in [7, 11) is 0. The lowest BCUT2D eigenvalue weighted by Gasteiger charge is -2.25. The topological polar surface area (TPSA) is 57.8 Å². The summed E-state index contributed by atoms with van der Waals surface area (Å²) in [5, 5.41) is 9.55. The Kier molecular flexibility index (Phi) is 3.48. The summed E-state index contributed by atoms with van der Waals surface area (Å²) in [6.07, 6.45) is 2.30. The van der Waals surface area contributed by atoms with Crippen molar-refractivity contribution < 1.29 is 9.18 Å². The van der Waals surface area contributed by atoms with E-state index in [1.807, 2.05) is 0 Å². The lowest BCUT2D eigenvalue weighted by atomic mass is 10.0. The molecule has 1 unspecified atom stereocenters. The molecule has 1 aliphatic rings. The first-order valence-electron chi connectivity index (χ1n) is 6.38. The summed E-state index contributed by atoms with van der Waals surface area (Å²) in [5.74, 6) is 0.460. The van der Waals surface area contributed by atoms with Gasteiger partial charge in [0.05, 0.1) is 17.8 Å². The number of H-pyrrole nitrogens is 1. The van der Waals surface area contributed by atoms with Gasteiger partial charge in [0.25, 0.3) is 5.91 Å². The molecule has 20 heavy (non-hydrogen) atoms. The van der Waals surface area contributed by atoms with Crippen molar-refractivity contribution in [3.05, 3.63) is 47.0 Å². The highest BCUT2D eigenvalue weighted by Crippen LogP contribution is 2.36. The number of aryl methyl sites for hydroxylation is 1. The van der Waals surface area contributed by atoms with E-state index in [9.17, 15) is 9.18 Å². The van der Waals surface area contributed by atoms with Crippen LogP contribution in [0.3, 0.4) is 0 Å². The number of thioether (sulfide) groups is 1. The van der Waals surface area contributed by atoms with Crippen molar-refractivity contribution in [2.45, 2.75) is 24.3 Å². The predicted molar refractivity (Wildman–Crippen MR) is 75.3 cm³/mol. The Labute approximate surface area is 120 Å². The minimum Gasteiger partial charge on any atom is -0.345 e. The van der Waals surface area contributed by atoms with Crippen molar-refractivity contribution >= 4 is 17.7 Å². The van der Waals surface area contributed by atoms with Crippen LogP contribution in [0.5, 0.6) is 0 Å². The highest BCUT2D eigenvalue weighted by Gasteiger charge is 2.24. The first-order valence-corrected chi connectivity index (χ1v) is 7.37. The molecule has 6 heteroatoms. The van der Waals surface area contributed by atoms with Crippen LogP contribution in [-0.2, 0) is 0 Å². The molecule has 0 saturated heterocycles. The molecule has 0 spiro atoms. The number of benzene rings is 1. The first kappa shape index (κ1) is 13.2. The van der Waals surface area contributed by atoms with Gasteiger partial charge in [-0.05, 0) is 37.1 Å². The van der Waals surface area contributed by atoms with Crippen LogP contribution < -0.4 is 5.32 Å². The zero-order valence-electron chi connectivity index (χ0n) is 10.9. The fourth-order valence-electron chi connectivity index (χ4n) is 2.33. The van der Waals surface area contributed by atoms with Crippen molar-refractivity contribution in [2.75, 3.05) is 5.75 Å². The van der Waals surface area contributed by atoms with Crippen LogP contribution in [0.25, 0.3) is 0 Å². The summed E-state index contributed by atoms with van der Waals surface area (Å²) in [4.78, 5) is 13.3. The molecular weight excluding hydrogens is 277 g/mol. The summed E-state index contributed by atoms with van der Waals surface area (Å²) in [5.41, 5.74) is 2.11. The third-order valence-corrected chi connectivity index (χ3v) is 4.51. The fraction of sp³-hybridized carbons (Fsp3) is 0.286. The molecule has 0 bridgehead atoms. The SMILES string of the molecule is Cc1[nH]ncc1C(=O)NC1CCSc2ccc(F)cc21. The summed E-state index contributed by atoms with van der Waals surface area (Å²) in [6.45, 7) is 1.80. The Hall–Kier alpha value is -1.82. The minimum absolute atomic E-state index is 0.149. The van der Waals surface area contributed by atoms with Crippen LogP contribution in [0, 0.1) is 12.7 Å². The van der Waals surface area contributed by atoms with Crippen LogP contribution >= 0.6 is 11.8 Å². The largest absolute Gasteiger partial charge is 0.345 e. The molecule has 1 aromatic heterocycles. The molecule has 1 aromatic carbocycles. The number of amides is 1. The van der Waals surface area contributed by atoms with E-state index >= 15 is 0 Å². The maximum atomic E-state index is 13.4. The number of hydrogen-bond acceptors (Lipinski definition) is 3. The quantitative estimate of drug-likeness (QED) is 0.894. The van der Waals surface area contributed by atoms with Gasteiger partial charge in [-0.25, -0.2) is 4.39 Å². The lowest BCUT2D eigenvalue weighted by molar-refractivity contribution is 0.0934. The van der Waals surface area contributed by atoms with Crippen molar-refractivity contribution in [1.29, 1.82) is 0 Å². The zero-order chi connectivity index (χ0) is 14.1. The second-order valence-corrected chi connectivity index (χ2v) is 5.89. The molecule has 1 aliphatic heterocycles. The molecule has 2 N–H and O–H groups in total. The van der Waals surface area contributed by atoms with Gasteiger partial charge in [0, 0.05) is 16.3 Å². The summed E-state index contributed by atoms with van der Waals surface area (Å²) >= 11 is 1.69. The van der Waals surface area contributed by atoms with E-state index in [4.69, 9.17) is 0 Å². The Bertz CT molecular complexity index is 656. The van der Waals surface area contributed by atoms with Gasteiger partial charge in [-0.2, -0.15) is 5.10 Å². The number of carbonyl (C=O) groups excluding carboxylic acids is 1. The van der Waals surface area contributed by atoms with Gasteiger partial charge in [0.1, 0.15) is 5.82 Å². The van der Waals surface area contributed by atoms with Gasteiger partial charge in [-0.15, -0.1) is 11.8 Å². The van der Waals surface area contributed by atoms with E-state index in [1.165, 1.54) is 18.3 Å². The average molecular weight is 291 g/mol. The van der Waals surface area contributed by atoms with E-state index in [1.54, 1.807) is 24.8 Å². The molecule has 4 nitrogen and oxygen atoms in total. The number of carbonyl (C=O) groups is 1. The molecule has 2 aromatic rings. The molecule has 0 radical (unpaired) electrons. The third kappa shape index (κ3) is 2.43. The number of aromatic nitrogens is 2. The minimum atomic E-state index is -0.273. The standard InChI is InChI=1S/C14H14FN3OS/c1-8-11(7-16-18-8)14(19)17-12-4-5-20-13-3-2-9(15)6-10(12)13/h2-3,6-7,12H,4-5H2,1H3,(H,16,18)(H,17,19). The highest BCUT2D eigenvalue weighted by molar-refractivity contribution is 7.99. The Morgan fingerprint density at radius 2 is 2.40 bits per heavy atom. The second-order valence-electron chi connectivity index (χ2n) is 4.75. The van der Waals surface area contributed by atoms with Crippen molar-refractivity contribution in [3.63, 3.8) is 0 Å². The van der Waals surface area contributed by atoms with E-state index in [0.717, 1.165) is 28.3 Å². The summed E-state index contributed by atoms with van der Waals surface area (Å²) < 4.78 is 13.4. The smallest absolute Gasteiger partial charge is 0.255 e. The van der Waals surface area contributed by atoms with Crippen molar-refractivity contribution in [1.82, 2.24) is 15.5 Å². The number of halogens is 1. The molecule has 2 heterocycles. The molecular formula is C14H14FN3OS. The molecule has 1 amide bonds. The Morgan fingerprint density at radius 3 is 3.15 bits per heavy atom. The van der Waals surface area contributed by atoms with E-state index in [-0.39, 0.29) is 17.8 Å². The molecule has 0 aliphatic carbocycles. The third-order valence-electron chi connectivity index (χ3n) is 3.39. The lowest BCUT2D eigenvalue weighted by Crippen LogP contribution is -2.30. The van der Waals surface area contributed by atoms with Crippen molar-refractivity contribution in [3.8, 4) is 0 Å². The Balaban J connectivity index is 1.85. The van der Waals surface area contributed by atoms with E-state index in [2.05, 4.69) is 15.5 Å². The van der Waals surface area contributed by atoms with Gasteiger partial charge in [0.15, 0.2) is 0 Å². The highest BCUT2D eigenvalue weighted by atomic mass is 32.2. The van der Waals surface area contributed by atoms with E-state index in [0.29, 0.717) is 5.56 Å². The van der Waals surface area contributed by atoms with E-state index < -0.39 is 0 Å². The number of hydrogen-bond donors (Lipinski definition) is 2. The molecule has 3 rings (SSSR count). The second kappa shape index (κ2) is 5.28. The van der Waals surface area contributed by atoms with Crippen LogP contribution in [0.1, 0.15) is 34.1 Å². The van der Waals surface area contributed by atoms with Crippen LogP contribution in [0.4, 0.5) is 4.39 Å². The average Bonchev–Trinajstić information content (AvgIpc) is 2.86. The van der Waals surface area contributed by atoms with Crippen LogP contribution in [0.2, 0.25) is 0 Å². The van der Waals surface area contributed by atoms with Crippen molar-refractivity contribution in [2.24, 2.45) is 0 Å². The summed E-state index contributed by atoms with van der Waals surface area (Å²) in [6, 6.07) is 4.59. The molecule has 0 saturated carbocycles. The normalized spacial score (nSPS) is 17.6. The first-order chi connectivity index (χ1) is 9.65. The zero-order valence-corrected chi connectivity index (χ0v) is 11.8. The van der Waals surface area contributed by atoms with Crippen LogP contribution in [0.15, 0.2) is 29.3 Å². The monoisotopic (exact) mass is 291 g/mol. The Morgan fingerprint density at radius 1 is 1.55 bits per heavy atom. The molecule has 104 valence electrons.